The zero-order chi connectivity index (χ0) is 15.6. The highest BCUT2D eigenvalue weighted by Crippen LogP contribution is 2.32. The summed E-state index contributed by atoms with van der Waals surface area (Å²) in [5.74, 6) is 0. The molecule has 0 N–H and O–H groups in total. The minimum Gasteiger partial charge on any atom is -0.0622 e. The van der Waals surface area contributed by atoms with Gasteiger partial charge in [-0.05, 0) is 29.2 Å². The van der Waals surface area contributed by atoms with E-state index in [1.807, 2.05) is 0 Å². The molecule has 0 fully saturated rings. The lowest BCUT2D eigenvalue weighted by molar-refractivity contribution is 0.641. The fourth-order valence-corrected chi connectivity index (χ4v) is 2.93. The molecule has 0 amide bonds. The van der Waals surface area contributed by atoms with Gasteiger partial charge < -0.3 is 0 Å². The van der Waals surface area contributed by atoms with Crippen LogP contribution in [-0.4, -0.2) is 0 Å². The monoisotopic (exact) mass is 286 g/mol. The van der Waals surface area contributed by atoms with Crippen molar-refractivity contribution in [3.63, 3.8) is 0 Å². The molecule has 0 saturated carbocycles. The maximum Gasteiger partial charge on any atom is 0.0146 e. The Labute approximate surface area is 133 Å². The molecule has 3 rings (SSSR count). The van der Waals surface area contributed by atoms with E-state index in [2.05, 4.69) is 99.6 Å². The normalized spacial score (nSPS) is 11.4. The molecular weight excluding hydrogens is 264 g/mol. The topological polar surface area (TPSA) is 0 Å². The van der Waals surface area contributed by atoms with Gasteiger partial charge in [0.05, 0.1) is 0 Å². The van der Waals surface area contributed by atoms with E-state index in [0.29, 0.717) is 0 Å². The van der Waals surface area contributed by atoms with E-state index in [1.165, 1.54) is 27.8 Å². The van der Waals surface area contributed by atoms with E-state index in [4.69, 9.17) is 0 Å². The predicted molar refractivity (Wildman–Crippen MR) is 95.2 cm³/mol. The molecule has 0 heterocycles. The predicted octanol–water partition coefficient (Wildman–Crippen LogP) is 5.99. The molecular formula is C22H22. The zero-order valence-electron chi connectivity index (χ0n) is 13.5. The van der Waals surface area contributed by atoms with Gasteiger partial charge in [0.25, 0.3) is 0 Å². The molecule has 0 saturated heterocycles. The van der Waals surface area contributed by atoms with Crippen LogP contribution in [0.4, 0.5) is 0 Å². The van der Waals surface area contributed by atoms with Crippen molar-refractivity contribution in [2.75, 3.05) is 0 Å². The molecule has 0 spiro atoms. The Kier molecular flexibility index (Phi) is 3.85. The summed E-state index contributed by atoms with van der Waals surface area (Å²) in [7, 11) is 0. The number of hydrogen-bond donors (Lipinski definition) is 0. The van der Waals surface area contributed by atoms with Crippen molar-refractivity contribution in [1.29, 1.82) is 0 Å². The molecule has 3 aromatic rings. The summed E-state index contributed by atoms with van der Waals surface area (Å²) in [4.78, 5) is 0. The van der Waals surface area contributed by atoms with Crippen LogP contribution in [0.3, 0.4) is 0 Å². The van der Waals surface area contributed by atoms with Crippen LogP contribution in [-0.2, 0) is 5.41 Å². The Bertz CT molecular complexity index is 750. The molecule has 0 radical (unpaired) electrons. The van der Waals surface area contributed by atoms with E-state index < -0.39 is 0 Å². The average Bonchev–Trinajstić information content (AvgIpc) is 2.56. The second-order valence-electron chi connectivity index (χ2n) is 6.44. The molecule has 0 aliphatic carbocycles. The van der Waals surface area contributed by atoms with Crippen LogP contribution >= 0.6 is 0 Å². The molecule has 0 atom stereocenters. The molecule has 22 heavy (non-hydrogen) atoms. The van der Waals surface area contributed by atoms with Crippen LogP contribution in [0.1, 0.15) is 30.5 Å². The van der Waals surface area contributed by atoms with Crippen LogP contribution in [0.15, 0.2) is 78.9 Å². The molecule has 0 unspecified atom stereocenters. The summed E-state index contributed by atoms with van der Waals surface area (Å²) in [6, 6.07) is 28.3. The zero-order valence-corrected chi connectivity index (χ0v) is 13.5. The molecule has 0 aliphatic rings. The van der Waals surface area contributed by atoms with Gasteiger partial charge in [-0.2, -0.15) is 0 Å². The van der Waals surface area contributed by atoms with Crippen LogP contribution in [0, 0.1) is 6.92 Å². The number of aryl methyl sites for hydroxylation is 1. The van der Waals surface area contributed by atoms with Crippen molar-refractivity contribution in [3.8, 4) is 11.1 Å². The Balaban J connectivity index is 1.95. The highest BCUT2D eigenvalue weighted by atomic mass is 14.3. The molecule has 3 aromatic carbocycles. The average molecular weight is 286 g/mol. The van der Waals surface area contributed by atoms with E-state index in [9.17, 15) is 0 Å². The van der Waals surface area contributed by atoms with Gasteiger partial charge in [-0.25, -0.2) is 0 Å². The number of hydrogen-bond acceptors (Lipinski definition) is 0. The lowest BCUT2D eigenvalue weighted by Crippen LogP contribution is -2.18. The quantitative estimate of drug-likeness (QED) is 0.555. The first-order valence-corrected chi connectivity index (χ1v) is 7.80. The van der Waals surface area contributed by atoms with E-state index in [1.54, 1.807) is 0 Å². The summed E-state index contributed by atoms with van der Waals surface area (Å²) in [6.07, 6.45) is 0. The fourth-order valence-electron chi connectivity index (χ4n) is 2.93. The Morgan fingerprint density at radius 1 is 0.591 bits per heavy atom. The lowest BCUT2D eigenvalue weighted by Gasteiger charge is -2.26. The Morgan fingerprint density at radius 3 is 1.86 bits per heavy atom. The SMILES string of the molecule is Cc1cccc(-c2ccc(C(C)(C)c3ccccc3)cc2)c1. The van der Waals surface area contributed by atoms with Gasteiger partial charge in [-0.15, -0.1) is 0 Å². The van der Waals surface area contributed by atoms with Crippen LogP contribution in [0.5, 0.6) is 0 Å². The second-order valence-corrected chi connectivity index (χ2v) is 6.44. The van der Waals surface area contributed by atoms with Gasteiger partial charge in [-0.3, -0.25) is 0 Å². The molecule has 0 aliphatic heterocycles. The third kappa shape index (κ3) is 2.82. The van der Waals surface area contributed by atoms with Crippen molar-refractivity contribution in [2.24, 2.45) is 0 Å². The summed E-state index contributed by atoms with van der Waals surface area (Å²) < 4.78 is 0. The Hall–Kier alpha value is -2.34. The highest BCUT2D eigenvalue weighted by Gasteiger charge is 2.22. The van der Waals surface area contributed by atoms with Crippen LogP contribution < -0.4 is 0 Å². The van der Waals surface area contributed by atoms with Crippen molar-refractivity contribution in [2.45, 2.75) is 26.2 Å². The van der Waals surface area contributed by atoms with Crippen molar-refractivity contribution in [1.82, 2.24) is 0 Å². The molecule has 110 valence electrons. The smallest absolute Gasteiger partial charge is 0.0146 e. The number of rotatable bonds is 3. The summed E-state index contributed by atoms with van der Waals surface area (Å²) in [6.45, 7) is 6.70. The minimum absolute atomic E-state index is 0.0202. The minimum atomic E-state index is 0.0202. The third-order valence-electron chi connectivity index (χ3n) is 4.45. The first-order valence-electron chi connectivity index (χ1n) is 7.80. The maximum atomic E-state index is 2.28. The Morgan fingerprint density at radius 2 is 1.23 bits per heavy atom. The molecule has 0 bridgehead atoms. The van der Waals surface area contributed by atoms with Gasteiger partial charge in [0, 0.05) is 5.41 Å². The summed E-state index contributed by atoms with van der Waals surface area (Å²) >= 11 is 0. The fraction of sp³-hybridized carbons (Fsp3) is 0.182. The number of benzene rings is 3. The first kappa shape index (κ1) is 14.6. The van der Waals surface area contributed by atoms with Gasteiger partial charge in [0.15, 0.2) is 0 Å². The van der Waals surface area contributed by atoms with Gasteiger partial charge in [0.1, 0.15) is 0 Å². The summed E-state index contributed by atoms with van der Waals surface area (Å²) in [5, 5.41) is 0. The van der Waals surface area contributed by atoms with Gasteiger partial charge in [-0.1, -0.05) is 98.3 Å². The first-order chi connectivity index (χ1) is 10.6. The van der Waals surface area contributed by atoms with Crippen molar-refractivity contribution < 1.29 is 0 Å². The van der Waals surface area contributed by atoms with Crippen molar-refractivity contribution >= 4 is 0 Å². The van der Waals surface area contributed by atoms with Crippen molar-refractivity contribution in [3.05, 3.63) is 95.6 Å². The second kappa shape index (κ2) is 5.81. The molecule has 0 aromatic heterocycles. The van der Waals surface area contributed by atoms with E-state index >= 15 is 0 Å². The van der Waals surface area contributed by atoms with E-state index in [-0.39, 0.29) is 5.41 Å². The molecule has 0 nitrogen and oxygen atoms in total. The summed E-state index contributed by atoms with van der Waals surface area (Å²) in [5.41, 5.74) is 6.56. The van der Waals surface area contributed by atoms with E-state index in [0.717, 1.165) is 0 Å². The highest BCUT2D eigenvalue weighted by molar-refractivity contribution is 5.64. The standard InChI is InChI=1S/C22H22/c1-17-8-7-9-19(16-17)18-12-14-21(15-13-18)22(2,3)20-10-5-4-6-11-20/h4-16H,1-3H3. The lowest BCUT2D eigenvalue weighted by atomic mass is 9.78. The largest absolute Gasteiger partial charge is 0.0622 e. The van der Waals surface area contributed by atoms with Gasteiger partial charge in [0.2, 0.25) is 0 Å². The van der Waals surface area contributed by atoms with Crippen LogP contribution in [0.2, 0.25) is 0 Å². The van der Waals surface area contributed by atoms with Gasteiger partial charge >= 0.3 is 0 Å². The van der Waals surface area contributed by atoms with Crippen LogP contribution in [0.25, 0.3) is 11.1 Å². The third-order valence-corrected chi connectivity index (χ3v) is 4.45. The maximum absolute atomic E-state index is 2.28. The molecule has 0 heteroatoms.